The number of aromatic nitrogens is 2. The molecule has 0 unspecified atom stereocenters. The third-order valence-corrected chi connectivity index (χ3v) is 8.22. The summed E-state index contributed by atoms with van der Waals surface area (Å²) in [4.78, 5) is 26.2. The van der Waals surface area contributed by atoms with E-state index >= 15 is 0 Å². The number of hydrogen-bond donors (Lipinski definition) is 1. The van der Waals surface area contributed by atoms with Gasteiger partial charge in [-0.15, -0.1) is 0 Å². The summed E-state index contributed by atoms with van der Waals surface area (Å²) in [6.07, 6.45) is 2.75. The number of rotatable bonds is 6. The molecule has 1 N–H and O–H groups in total. The topological polar surface area (TPSA) is 62.5 Å². The standard InChI is InChI=1S/C35H35F2N5O/c1-23(2)35(36,37)27-15-16-30-26(20-27)11-8-14-32(39-30)41-18-17-31-29(22-41)33(43)42(28-12-5-4-6-13-28)34(40-31)38-21-25-10-7-9-24(3)19-25/h4-7,9-10,12-13,15-16,19-20H,1,8,11,14,17-18,21-22H2,2-3H3,(H,38,40). The molecule has 0 atom stereocenters. The monoisotopic (exact) mass is 579 g/mol. The first-order valence-electron chi connectivity index (χ1n) is 14.7. The van der Waals surface area contributed by atoms with Gasteiger partial charge in [0.05, 0.1) is 29.2 Å². The minimum Gasteiger partial charge on any atom is -0.355 e. The Hall–Kier alpha value is -4.59. The number of nitrogens with one attached hydrogen (secondary N) is 1. The summed E-state index contributed by atoms with van der Waals surface area (Å²) in [5.41, 5.74) is 5.65. The maximum atomic E-state index is 14.6. The lowest BCUT2D eigenvalue weighted by Gasteiger charge is -2.31. The molecule has 2 aliphatic heterocycles. The van der Waals surface area contributed by atoms with Crippen LogP contribution >= 0.6 is 0 Å². The highest BCUT2D eigenvalue weighted by Gasteiger charge is 2.33. The number of para-hydroxylation sites is 1. The van der Waals surface area contributed by atoms with Crippen molar-refractivity contribution >= 4 is 17.5 Å². The van der Waals surface area contributed by atoms with Gasteiger partial charge in [-0.3, -0.25) is 4.79 Å². The lowest BCUT2D eigenvalue weighted by molar-refractivity contribution is 0.0385. The molecule has 0 spiro atoms. The van der Waals surface area contributed by atoms with Gasteiger partial charge in [-0.05, 0) is 67.7 Å². The number of anilines is 1. The zero-order valence-electron chi connectivity index (χ0n) is 24.5. The predicted molar refractivity (Wildman–Crippen MR) is 168 cm³/mol. The summed E-state index contributed by atoms with van der Waals surface area (Å²) >= 11 is 0. The van der Waals surface area contributed by atoms with Crippen molar-refractivity contribution in [3.63, 3.8) is 0 Å². The Bertz CT molecular complexity index is 1780. The fourth-order valence-electron chi connectivity index (χ4n) is 5.83. The second kappa shape index (κ2) is 11.6. The largest absolute Gasteiger partial charge is 0.355 e. The quantitative estimate of drug-likeness (QED) is 0.245. The van der Waals surface area contributed by atoms with E-state index in [-0.39, 0.29) is 16.7 Å². The van der Waals surface area contributed by atoms with Gasteiger partial charge >= 0.3 is 0 Å². The molecule has 0 radical (unpaired) electrons. The molecule has 0 fully saturated rings. The highest BCUT2D eigenvalue weighted by atomic mass is 19.3. The van der Waals surface area contributed by atoms with E-state index in [1.54, 1.807) is 16.7 Å². The Morgan fingerprint density at radius 1 is 1.02 bits per heavy atom. The minimum atomic E-state index is -3.08. The molecule has 0 saturated heterocycles. The third kappa shape index (κ3) is 5.74. The number of fused-ring (bicyclic) bond motifs is 2. The number of allylic oxidation sites excluding steroid dienone is 1. The second-order valence-corrected chi connectivity index (χ2v) is 11.4. The van der Waals surface area contributed by atoms with Crippen LogP contribution in [0.25, 0.3) is 5.69 Å². The van der Waals surface area contributed by atoms with Gasteiger partial charge in [0, 0.05) is 31.5 Å². The van der Waals surface area contributed by atoms with Crippen LogP contribution in [0.2, 0.25) is 0 Å². The number of aliphatic imine (C=N–C) groups is 1. The van der Waals surface area contributed by atoms with Crippen LogP contribution in [0, 0.1) is 6.92 Å². The van der Waals surface area contributed by atoms with Crippen molar-refractivity contribution in [1.29, 1.82) is 0 Å². The summed E-state index contributed by atoms with van der Waals surface area (Å²) in [6.45, 7) is 8.49. The average molecular weight is 580 g/mol. The van der Waals surface area contributed by atoms with Gasteiger partial charge in [0.15, 0.2) is 0 Å². The summed E-state index contributed by atoms with van der Waals surface area (Å²) in [5, 5.41) is 3.42. The Balaban J connectivity index is 1.32. The smallest absolute Gasteiger partial charge is 0.294 e. The first-order valence-corrected chi connectivity index (χ1v) is 14.7. The fourth-order valence-corrected chi connectivity index (χ4v) is 5.83. The lowest BCUT2D eigenvalue weighted by Crippen LogP contribution is -2.41. The normalized spacial score (nSPS) is 14.8. The van der Waals surface area contributed by atoms with Gasteiger partial charge < -0.3 is 10.2 Å². The van der Waals surface area contributed by atoms with E-state index in [2.05, 4.69) is 41.9 Å². The first kappa shape index (κ1) is 28.5. The van der Waals surface area contributed by atoms with Crippen molar-refractivity contribution in [2.24, 2.45) is 4.99 Å². The summed E-state index contributed by atoms with van der Waals surface area (Å²) < 4.78 is 30.9. The molecular formula is C35H35F2N5O. The van der Waals surface area contributed by atoms with Gasteiger partial charge in [0.1, 0.15) is 5.84 Å². The average Bonchev–Trinajstić information content (AvgIpc) is 3.22. The fraction of sp³-hybridized carbons (Fsp3) is 0.286. The van der Waals surface area contributed by atoms with Crippen LogP contribution < -0.4 is 10.9 Å². The van der Waals surface area contributed by atoms with Crippen molar-refractivity contribution < 1.29 is 8.78 Å². The van der Waals surface area contributed by atoms with E-state index in [9.17, 15) is 13.6 Å². The molecule has 8 heteroatoms. The number of hydrogen-bond acceptors (Lipinski definition) is 5. The summed E-state index contributed by atoms with van der Waals surface area (Å²) in [7, 11) is 0. The number of amidine groups is 1. The molecule has 4 aromatic rings. The van der Waals surface area contributed by atoms with E-state index in [0.717, 1.165) is 34.8 Å². The zero-order valence-corrected chi connectivity index (χ0v) is 24.5. The van der Waals surface area contributed by atoms with Crippen LogP contribution in [0.5, 0.6) is 0 Å². The van der Waals surface area contributed by atoms with Gasteiger partial charge in [-0.2, -0.15) is 8.78 Å². The molecule has 0 amide bonds. The second-order valence-electron chi connectivity index (χ2n) is 11.4. The number of benzene rings is 3. The van der Waals surface area contributed by atoms with E-state index in [1.807, 2.05) is 36.4 Å². The molecule has 220 valence electrons. The maximum absolute atomic E-state index is 14.6. The van der Waals surface area contributed by atoms with Crippen molar-refractivity contribution in [3.05, 3.63) is 129 Å². The Morgan fingerprint density at radius 3 is 2.60 bits per heavy atom. The van der Waals surface area contributed by atoms with E-state index < -0.39 is 5.92 Å². The molecule has 0 saturated carbocycles. The van der Waals surface area contributed by atoms with Crippen LogP contribution in [0.1, 0.15) is 53.3 Å². The van der Waals surface area contributed by atoms with Crippen molar-refractivity contribution in [2.45, 2.75) is 58.5 Å². The predicted octanol–water partition coefficient (Wildman–Crippen LogP) is 7.25. The van der Waals surface area contributed by atoms with Gasteiger partial charge in [0.25, 0.3) is 11.5 Å². The molecule has 3 aromatic carbocycles. The highest BCUT2D eigenvalue weighted by Crippen LogP contribution is 2.38. The third-order valence-electron chi connectivity index (χ3n) is 8.22. The number of alkyl halides is 2. The zero-order chi connectivity index (χ0) is 30.1. The molecule has 6 rings (SSSR count). The molecular weight excluding hydrogens is 544 g/mol. The Kier molecular flexibility index (Phi) is 7.69. The maximum Gasteiger partial charge on any atom is 0.294 e. The molecule has 1 aromatic heterocycles. The molecule has 43 heavy (non-hydrogen) atoms. The molecule has 6 nitrogen and oxygen atoms in total. The van der Waals surface area contributed by atoms with E-state index in [1.165, 1.54) is 18.6 Å². The number of aryl methyl sites for hydroxylation is 2. The Morgan fingerprint density at radius 2 is 1.84 bits per heavy atom. The van der Waals surface area contributed by atoms with Crippen LogP contribution in [0.4, 0.5) is 20.4 Å². The van der Waals surface area contributed by atoms with Gasteiger partial charge in [0.2, 0.25) is 5.95 Å². The van der Waals surface area contributed by atoms with Crippen molar-refractivity contribution in [2.75, 3.05) is 11.9 Å². The van der Waals surface area contributed by atoms with Gasteiger partial charge in [-0.1, -0.05) is 60.7 Å². The first-order chi connectivity index (χ1) is 20.7. The molecule has 0 aliphatic carbocycles. The summed E-state index contributed by atoms with van der Waals surface area (Å²) in [6, 6.07) is 22.5. The van der Waals surface area contributed by atoms with Crippen LogP contribution in [0.3, 0.4) is 0 Å². The number of nitrogens with zero attached hydrogens (tertiary/aromatic N) is 4. The van der Waals surface area contributed by atoms with Crippen LogP contribution in [-0.4, -0.2) is 26.8 Å². The Labute approximate surface area is 250 Å². The highest BCUT2D eigenvalue weighted by molar-refractivity contribution is 5.86. The minimum absolute atomic E-state index is 0.0522. The van der Waals surface area contributed by atoms with Crippen molar-refractivity contribution in [3.8, 4) is 5.69 Å². The van der Waals surface area contributed by atoms with E-state index in [0.29, 0.717) is 56.1 Å². The van der Waals surface area contributed by atoms with Crippen molar-refractivity contribution in [1.82, 2.24) is 14.5 Å². The van der Waals surface area contributed by atoms with Gasteiger partial charge in [-0.25, -0.2) is 14.5 Å². The number of halogens is 2. The molecule has 3 heterocycles. The lowest BCUT2D eigenvalue weighted by atomic mass is 9.97. The van der Waals surface area contributed by atoms with Crippen LogP contribution in [-0.2, 0) is 31.9 Å². The molecule has 0 bridgehead atoms. The van der Waals surface area contributed by atoms with Crippen LogP contribution in [0.15, 0.2) is 94.7 Å². The SMILES string of the molecule is C=C(C)C(F)(F)c1ccc2c(c1)CCCC(N1CCc3nc(NCc4cccc(C)c4)n(-c4ccccc4)c(=O)c3C1)=N2. The van der Waals surface area contributed by atoms with E-state index in [4.69, 9.17) is 9.98 Å². The molecule has 2 aliphatic rings. The summed E-state index contributed by atoms with van der Waals surface area (Å²) in [5.74, 6) is -1.69.